The summed E-state index contributed by atoms with van der Waals surface area (Å²) in [5.74, 6) is -1.43. The van der Waals surface area contributed by atoms with Gasteiger partial charge in [0.05, 0.1) is 11.5 Å². The molecule has 1 aromatic carbocycles. The van der Waals surface area contributed by atoms with Crippen LogP contribution in [0.5, 0.6) is 0 Å². The second-order valence-corrected chi connectivity index (χ2v) is 10.5. The monoisotopic (exact) mass is 413 g/mol. The van der Waals surface area contributed by atoms with Crippen LogP contribution in [0.25, 0.3) is 0 Å². The second-order valence-electron chi connectivity index (χ2n) is 7.56. The Morgan fingerprint density at radius 2 is 2.04 bits per heavy atom. The van der Waals surface area contributed by atoms with Gasteiger partial charge in [0.15, 0.2) is 10.2 Å². The van der Waals surface area contributed by atoms with E-state index < -0.39 is 44.6 Å². The molecule has 2 fully saturated rings. The van der Waals surface area contributed by atoms with E-state index in [9.17, 15) is 18.9 Å². The first-order valence-corrected chi connectivity index (χ1v) is 10.6. The predicted molar refractivity (Wildman–Crippen MR) is 102 cm³/mol. The molecule has 6 nitrogen and oxygen atoms in total. The normalized spacial score (nSPS) is 31.2. The highest BCUT2D eigenvalue weighted by atomic mass is 35.5. The van der Waals surface area contributed by atoms with Gasteiger partial charge in [-0.15, -0.1) is 11.6 Å². The van der Waals surface area contributed by atoms with Crippen molar-refractivity contribution in [1.82, 2.24) is 4.90 Å². The molecule has 0 saturated carbocycles. The number of β-lactam (4-membered cyclic amide) rings is 1. The fourth-order valence-corrected chi connectivity index (χ4v) is 6.01. The van der Waals surface area contributed by atoms with Gasteiger partial charge in [0.25, 0.3) is 0 Å². The summed E-state index contributed by atoms with van der Waals surface area (Å²) in [7, 11) is -1.54. The molecular weight excluding hydrogens is 390 g/mol. The van der Waals surface area contributed by atoms with E-state index in [0.29, 0.717) is 0 Å². The van der Waals surface area contributed by atoms with Crippen LogP contribution >= 0.6 is 11.6 Å². The molecule has 0 radical (unpaired) electrons. The maximum atomic E-state index is 12.8. The molecule has 2 saturated heterocycles. The smallest absolute Gasteiger partial charge is 0.332 e. The van der Waals surface area contributed by atoms with E-state index in [-0.39, 0.29) is 24.7 Å². The fraction of sp³-hybridized carbons (Fsp3) is 0.579. The fourth-order valence-electron chi connectivity index (χ4n) is 4.03. The van der Waals surface area contributed by atoms with Gasteiger partial charge in [-0.2, -0.15) is 0 Å². The van der Waals surface area contributed by atoms with Crippen LogP contribution < -0.4 is 0 Å². The average molecular weight is 414 g/mol. The van der Waals surface area contributed by atoms with Crippen molar-refractivity contribution in [1.29, 1.82) is 0 Å². The van der Waals surface area contributed by atoms with E-state index in [0.717, 1.165) is 5.56 Å². The topological polar surface area (TPSA) is 83.9 Å². The highest BCUT2D eigenvalue weighted by Gasteiger charge is 2.70. The standard InChI is InChI=1S/C19H24ClNO5S/c1-4-27(25)19(20)10-13-14(18(2,3)24)16(22)21(13)15(19)17(23)26-11-12-8-6-5-7-9-12/h5-9,13-15,24H,4,10-11H2,1-3H3/t13-,14+,15+,19?,27?/m0/s1. The third kappa shape index (κ3) is 3.41. The van der Waals surface area contributed by atoms with E-state index in [2.05, 4.69) is 0 Å². The Morgan fingerprint density at radius 1 is 1.41 bits per heavy atom. The first-order valence-electron chi connectivity index (χ1n) is 8.93. The van der Waals surface area contributed by atoms with Crippen LogP contribution in [0.1, 0.15) is 32.8 Å². The quantitative estimate of drug-likeness (QED) is 0.437. The third-order valence-electron chi connectivity index (χ3n) is 5.29. The van der Waals surface area contributed by atoms with Gasteiger partial charge in [0.2, 0.25) is 5.91 Å². The van der Waals surface area contributed by atoms with Gasteiger partial charge in [0, 0.05) is 29.0 Å². The number of aliphatic hydroxyl groups is 1. The number of esters is 1. The Bertz CT molecular complexity index is 765. The minimum atomic E-state index is -1.54. The number of benzene rings is 1. The molecule has 2 unspecified atom stereocenters. The number of carbonyl (C=O) groups excluding carboxylic acids is 2. The molecule has 0 spiro atoms. The van der Waals surface area contributed by atoms with Gasteiger partial charge in [-0.1, -0.05) is 37.3 Å². The maximum absolute atomic E-state index is 12.8. The third-order valence-corrected chi connectivity index (χ3v) is 7.83. The van der Waals surface area contributed by atoms with Crippen molar-refractivity contribution in [2.75, 3.05) is 5.75 Å². The summed E-state index contributed by atoms with van der Waals surface area (Å²) in [6.07, 6.45) is 0.181. The Kier molecular flexibility index (Phi) is 5.40. The largest absolute Gasteiger partial charge is 0.459 e. The summed E-state index contributed by atoms with van der Waals surface area (Å²) >= 11 is 6.70. The molecule has 3 rings (SSSR count). The first kappa shape index (κ1) is 20.3. The number of carbonyl (C=O) groups is 2. The van der Waals surface area contributed by atoms with E-state index in [1.807, 2.05) is 30.3 Å². The van der Waals surface area contributed by atoms with Crippen LogP contribution in [-0.2, 0) is 31.7 Å². The van der Waals surface area contributed by atoms with Gasteiger partial charge in [0.1, 0.15) is 6.61 Å². The molecule has 148 valence electrons. The zero-order chi connectivity index (χ0) is 20.0. The van der Waals surface area contributed by atoms with Crippen LogP contribution in [0.15, 0.2) is 30.3 Å². The van der Waals surface area contributed by atoms with Gasteiger partial charge in [-0.05, 0) is 19.4 Å². The summed E-state index contributed by atoms with van der Waals surface area (Å²) in [5.41, 5.74) is -0.437. The number of hydrogen-bond donors (Lipinski definition) is 1. The molecule has 8 heteroatoms. The highest BCUT2D eigenvalue weighted by molar-refractivity contribution is 7.88. The summed E-state index contributed by atoms with van der Waals surface area (Å²) in [6.45, 7) is 4.88. The van der Waals surface area contributed by atoms with Crippen LogP contribution in [0.2, 0.25) is 0 Å². The number of amides is 1. The Balaban J connectivity index is 1.85. The van der Waals surface area contributed by atoms with E-state index in [4.69, 9.17) is 16.3 Å². The molecule has 1 N–H and O–H groups in total. The van der Waals surface area contributed by atoms with E-state index in [1.165, 1.54) is 4.90 Å². The minimum absolute atomic E-state index is 0.0452. The van der Waals surface area contributed by atoms with Gasteiger partial charge in [-0.25, -0.2) is 4.79 Å². The number of hydrogen-bond acceptors (Lipinski definition) is 5. The number of halogens is 1. The van der Waals surface area contributed by atoms with Crippen molar-refractivity contribution in [2.45, 2.75) is 55.7 Å². The van der Waals surface area contributed by atoms with Crippen LogP contribution in [0.3, 0.4) is 0 Å². The molecule has 0 aliphatic carbocycles. The molecular formula is C19H24ClNO5S. The molecule has 1 aromatic rings. The Labute approximate surface area is 166 Å². The highest BCUT2D eigenvalue weighted by Crippen LogP contribution is 2.52. The van der Waals surface area contributed by atoms with Crippen LogP contribution in [-0.4, -0.2) is 53.7 Å². The second kappa shape index (κ2) is 7.18. The molecule has 0 bridgehead atoms. The Hall–Kier alpha value is -1.44. The minimum Gasteiger partial charge on any atom is -0.459 e. The number of fused-ring (bicyclic) bond motifs is 1. The van der Waals surface area contributed by atoms with Crippen molar-refractivity contribution in [3.8, 4) is 0 Å². The van der Waals surface area contributed by atoms with Crippen LogP contribution in [0.4, 0.5) is 0 Å². The van der Waals surface area contributed by atoms with Crippen LogP contribution in [0, 0.1) is 5.92 Å². The summed E-state index contributed by atoms with van der Waals surface area (Å²) in [6, 6.07) is 7.61. The first-order chi connectivity index (χ1) is 12.6. The maximum Gasteiger partial charge on any atom is 0.332 e. The lowest BCUT2D eigenvalue weighted by atomic mass is 9.76. The van der Waals surface area contributed by atoms with E-state index in [1.54, 1.807) is 20.8 Å². The number of ether oxygens (including phenoxy) is 1. The summed E-state index contributed by atoms with van der Waals surface area (Å²) in [4.78, 5) is 26.9. The zero-order valence-corrected chi connectivity index (χ0v) is 17.1. The van der Waals surface area contributed by atoms with E-state index >= 15 is 0 Å². The van der Waals surface area contributed by atoms with Crippen molar-refractivity contribution in [2.24, 2.45) is 5.92 Å². The van der Waals surface area contributed by atoms with Crippen molar-refractivity contribution in [3.05, 3.63) is 35.9 Å². The molecule has 0 aromatic heterocycles. The van der Waals surface area contributed by atoms with Crippen molar-refractivity contribution < 1.29 is 23.6 Å². The molecule has 27 heavy (non-hydrogen) atoms. The van der Waals surface area contributed by atoms with Gasteiger partial charge >= 0.3 is 5.97 Å². The van der Waals surface area contributed by atoms with Crippen molar-refractivity contribution in [3.63, 3.8) is 0 Å². The number of alkyl halides is 1. The lowest BCUT2D eigenvalue weighted by molar-refractivity contribution is -0.179. The summed E-state index contributed by atoms with van der Waals surface area (Å²) in [5, 5.41) is 10.3. The molecule has 2 heterocycles. The molecule has 5 atom stereocenters. The number of nitrogens with zero attached hydrogens (tertiary/aromatic N) is 1. The SMILES string of the molecule is CCS(=O)C1(Cl)C[C@H]2[C@@H](C(C)(C)O)C(=O)N2[C@@H]1C(=O)OCc1ccccc1. The van der Waals surface area contributed by atoms with Crippen molar-refractivity contribution >= 4 is 34.3 Å². The lowest BCUT2D eigenvalue weighted by Gasteiger charge is -2.49. The molecule has 1 amide bonds. The molecule has 2 aliphatic rings. The average Bonchev–Trinajstić information content (AvgIpc) is 2.88. The lowest BCUT2D eigenvalue weighted by Crippen LogP contribution is -2.68. The number of rotatable bonds is 6. The summed E-state index contributed by atoms with van der Waals surface area (Å²) < 4.78 is 16.7. The predicted octanol–water partition coefficient (Wildman–Crippen LogP) is 1.80. The van der Waals surface area contributed by atoms with Gasteiger partial charge in [-0.3, -0.25) is 9.00 Å². The van der Waals surface area contributed by atoms with Gasteiger partial charge < -0.3 is 14.7 Å². The zero-order valence-electron chi connectivity index (χ0n) is 15.6. The molecule has 2 aliphatic heterocycles. The Morgan fingerprint density at radius 3 is 2.59 bits per heavy atom.